The molecule has 0 aliphatic carbocycles. The van der Waals surface area contributed by atoms with Gasteiger partial charge in [0.05, 0.1) is 0 Å². The summed E-state index contributed by atoms with van der Waals surface area (Å²) >= 11 is 0. The molecule has 0 aliphatic rings. The lowest BCUT2D eigenvalue weighted by atomic mass is 10.0. The molecule has 4 heteroatoms. The first-order valence-corrected chi connectivity index (χ1v) is 5.47. The highest BCUT2D eigenvalue weighted by molar-refractivity contribution is 5.96. The molecule has 2 aromatic rings. The Hall–Kier alpha value is -2.62. The van der Waals surface area contributed by atoms with Crippen molar-refractivity contribution in [3.63, 3.8) is 0 Å². The zero-order valence-corrected chi connectivity index (χ0v) is 9.77. The third-order valence-corrected chi connectivity index (χ3v) is 2.73. The summed E-state index contributed by atoms with van der Waals surface area (Å²) in [5.74, 6) is 0.127. The van der Waals surface area contributed by atoms with E-state index in [1.54, 1.807) is 0 Å². The second kappa shape index (κ2) is 4.71. The Balaban J connectivity index is 2.31. The molecule has 6 N–H and O–H groups in total. The minimum absolute atomic E-state index is 0.0634. The van der Waals surface area contributed by atoms with Crippen molar-refractivity contribution in [3.05, 3.63) is 59.7 Å². The van der Waals surface area contributed by atoms with Crippen LogP contribution in [0.2, 0.25) is 0 Å². The molecule has 0 radical (unpaired) electrons. The zero-order chi connectivity index (χ0) is 13.1. The maximum Gasteiger partial charge on any atom is 0.122 e. The molecule has 18 heavy (non-hydrogen) atoms. The van der Waals surface area contributed by atoms with Gasteiger partial charge in [0.15, 0.2) is 0 Å². The van der Waals surface area contributed by atoms with Crippen molar-refractivity contribution >= 4 is 11.7 Å². The molecule has 4 nitrogen and oxygen atoms in total. The Morgan fingerprint density at radius 2 is 0.889 bits per heavy atom. The first-order valence-electron chi connectivity index (χ1n) is 5.47. The number of nitrogens with two attached hydrogens (primary N) is 2. The summed E-state index contributed by atoms with van der Waals surface area (Å²) in [5.41, 5.74) is 14.3. The Morgan fingerprint density at radius 1 is 0.611 bits per heavy atom. The third-order valence-electron chi connectivity index (χ3n) is 2.73. The Bertz CT molecular complexity index is 527. The number of nitrogens with one attached hydrogen (secondary N) is 2. The van der Waals surface area contributed by atoms with Crippen molar-refractivity contribution in [3.8, 4) is 11.1 Å². The van der Waals surface area contributed by atoms with E-state index in [9.17, 15) is 0 Å². The lowest BCUT2D eigenvalue weighted by Gasteiger charge is -2.05. The van der Waals surface area contributed by atoms with Gasteiger partial charge < -0.3 is 11.5 Å². The predicted molar refractivity (Wildman–Crippen MR) is 73.9 cm³/mol. The van der Waals surface area contributed by atoms with Crippen LogP contribution in [0.5, 0.6) is 0 Å². The van der Waals surface area contributed by atoms with Crippen molar-refractivity contribution in [2.75, 3.05) is 0 Å². The molecule has 90 valence electrons. The van der Waals surface area contributed by atoms with Crippen molar-refractivity contribution in [2.24, 2.45) is 11.5 Å². The third kappa shape index (κ3) is 2.38. The average molecular weight is 238 g/mol. The summed E-state index contributed by atoms with van der Waals surface area (Å²) in [6.07, 6.45) is 0. The number of hydrogen-bond donors (Lipinski definition) is 4. The highest BCUT2D eigenvalue weighted by Crippen LogP contribution is 2.20. The van der Waals surface area contributed by atoms with Crippen LogP contribution in [-0.4, -0.2) is 11.7 Å². The van der Waals surface area contributed by atoms with Gasteiger partial charge in [-0.3, -0.25) is 10.8 Å². The van der Waals surface area contributed by atoms with Gasteiger partial charge in [0.25, 0.3) is 0 Å². The van der Waals surface area contributed by atoms with Gasteiger partial charge in [0, 0.05) is 11.1 Å². The molecule has 0 aromatic heterocycles. The van der Waals surface area contributed by atoms with Crippen molar-refractivity contribution in [2.45, 2.75) is 0 Å². The summed E-state index contributed by atoms with van der Waals surface area (Å²) in [6, 6.07) is 14.9. The summed E-state index contributed by atoms with van der Waals surface area (Å²) in [7, 11) is 0. The molecule has 0 heterocycles. The molecule has 0 fully saturated rings. The van der Waals surface area contributed by atoms with Crippen LogP contribution in [0.15, 0.2) is 48.5 Å². The molecule has 0 aliphatic heterocycles. The fourth-order valence-electron chi connectivity index (χ4n) is 1.68. The van der Waals surface area contributed by atoms with Crippen LogP contribution < -0.4 is 11.5 Å². The van der Waals surface area contributed by atoms with Gasteiger partial charge in [-0.2, -0.15) is 0 Å². The van der Waals surface area contributed by atoms with E-state index in [1.807, 2.05) is 48.5 Å². The lowest BCUT2D eigenvalue weighted by molar-refractivity contribution is 1.42. The van der Waals surface area contributed by atoms with Crippen LogP contribution in [0.3, 0.4) is 0 Å². The molecule has 2 rings (SSSR count). The van der Waals surface area contributed by atoms with E-state index in [0.29, 0.717) is 11.1 Å². The molecule has 0 unspecified atom stereocenters. The minimum Gasteiger partial charge on any atom is -0.384 e. The van der Waals surface area contributed by atoms with Crippen LogP contribution in [0, 0.1) is 10.8 Å². The SMILES string of the molecule is N=C(N)c1ccc(-c2ccc(C(=N)N)cc2)cc1. The summed E-state index contributed by atoms with van der Waals surface area (Å²) in [4.78, 5) is 0. The monoisotopic (exact) mass is 238 g/mol. The van der Waals surface area contributed by atoms with E-state index in [4.69, 9.17) is 22.3 Å². The van der Waals surface area contributed by atoms with Gasteiger partial charge in [-0.25, -0.2) is 0 Å². The molecule has 0 saturated heterocycles. The molecular formula is C14H14N4. The van der Waals surface area contributed by atoms with Gasteiger partial charge in [0.1, 0.15) is 11.7 Å². The Labute approximate surface area is 105 Å². The van der Waals surface area contributed by atoms with Gasteiger partial charge in [-0.05, 0) is 11.1 Å². The second-order valence-electron chi connectivity index (χ2n) is 3.98. The van der Waals surface area contributed by atoms with Gasteiger partial charge in [0.2, 0.25) is 0 Å². The van der Waals surface area contributed by atoms with E-state index in [1.165, 1.54) is 0 Å². The highest BCUT2D eigenvalue weighted by Gasteiger charge is 2.01. The van der Waals surface area contributed by atoms with E-state index >= 15 is 0 Å². The number of benzene rings is 2. The first-order chi connectivity index (χ1) is 8.58. The van der Waals surface area contributed by atoms with Gasteiger partial charge >= 0.3 is 0 Å². The largest absolute Gasteiger partial charge is 0.384 e. The second-order valence-corrected chi connectivity index (χ2v) is 3.98. The maximum absolute atomic E-state index is 7.33. The molecule has 0 saturated carbocycles. The van der Waals surface area contributed by atoms with Gasteiger partial charge in [-0.15, -0.1) is 0 Å². The summed E-state index contributed by atoms with van der Waals surface area (Å²) in [6.45, 7) is 0. The molecule has 2 aromatic carbocycles. The van der Waals surface area contributed by atoms with Crippen LogP contribution >= 0.6 is 0 Å². The lowest BCUT2D eigenvalue weighted by Crippen LogP contribution is -2.10. The number of rotatable bonds is 3. The normalized spacial score (nSPS) is 10.0. The standard InChI is InChI=1S/C14H14N4/c15-13(16)11-5-1-9(2-6-11)10-3-7-12(8-4-10)14(17)18/h1-8H,(H3,15,16)(H3,17,18). The van der Waals surface area contributed by atoms with Gasteiger partial charge in [-0.1, -0.05) is 48.5 Å². The number of amidine groups is 2. The summed E-state index contributed by atoms with van der Waals surface area (Å²) in [5, 5.41) is 14.7. The van der Waals surface area contributed by atoms with E-state index in [-0.39, 0.29) is 11.7 Å². The van der Waals surface area contributed by atoms with E-state index in [0.717, 1.165) is 11.1 Å². The molecular weight excluding hydrogens is 224 g/mol. The Morgan fingerprint density at radius 3 is 1.11 bits per heavy atom. The van der Waals surface area contributed by atoms with Crippen molar-refractivity contribution in [1.29, 1.82) is 10.8 Å². The number of nitrogen functional groups attached to an aromatic ring is 2. The molecule has 0 spiro atoms. The van der Waals surface area contributed by atoms with Crippen molar-refractivity contribution < 1.29 is 0 Å². The minimum atomic E-state index is 0.0634. The van der Waals surface area contributed by atoms with Crippen LogP contribution in [0.1, 0.15) is 11.1 Å². The fourth-order valence-corrected chi connectivity index (χ4v) is 1.68. The van der Waals surface area contributed by atoms with E-state index < -0.39 is 0 Å². The van der Waals surface area contributed by atoms with Crippen LogP contribution in [-0.2, 0) is 0 Å². The van der Waals surface area contributed by atoms with Crippen molar-refractivity contribution in [1.82, 2.24) is 0 Å². The molecule has 0 amide bonds. The smallest absolute Gasteiger partial charge is 0.122 e. The zero-order valence-electron chi connectivity index (χ0n) is 9.77. The fraction of sp³-hybridized carbons (Fsp3) is 0. The topological polar surface area (TPSA) is 99.7 Å². The number of hydrogen-bond acceptors (Lipinski definition) is 2. The predicted octanol–water partition coefficient (Wildman–Crippen LogP) is 1.92. The quantitative estimate of drug-likeness (QED) is 0.485. The molecule has 0 atom stereocenters. The maximum atomic E-state index is 7.33. The average Bonchev–Trinajstić information content (AvgIpc) is 2.39. The Kier molecular flexibility index (Phi) is 3.10. The highest BCUT2D eigenvalue weighted by atomic mass is 14.7. The van der Waals surface area contributed by atoms with E-state index in [2.05, 4.69) is 0 Å². The van der Waals surface area contributed by atoms with Crippen LogP contribution in [0.4, 0.5) is 0 Å². The summed E-state index contributed by atoms with van der Waals surface area (Å²) < 4.78 is 0. The first kappa shape index (κ1) is 11.9. The van der Waals surface area contributed by atoms with Crippen LogP contribution in [0.25, 0.3) is 11.1 Å². The molecule has 0 bridgehead atoms.